The van der Waals surface area contributed by atoms with Gasteiger partial charge in [-0.3, -0.25) is 4.79 Å². The second-order valence-electron chi connectivity index (χ2n) is 3.32. The van der Waals surface area contributed by atoms with E-state index in [0.717, 1.165) is 0 Å². The Labute approximate surface area is 93.9 Å². The molecule has 0 spiro atoms. The number of carbonyl (C=O) groups is 1. The van der Waals surface area contributed by atoms with Crippen LogP contribution >= 0.6 is 11.6 Å². The van der Waals surface area contributed by atoms with E-state index < -0.39 is 0 Å². The van der Waals surface area contributed by atoms with Gasteiger partial charge in [-0.2, -0.15) is 0 Å². The van der Waals surface area contributed by atoms with Gasteiger partial charge in [-0.15, -0.1) is 0 Å². The number of ether oxygens (including phenoxy) is 2. The molecule has 0 aromatic heterocycles. The van der Waals surface area contributed by atoms with Crippen molar-refractivity contribution in [3.05, 3.63) is 22.7 Å². The first kappa shape index (κ1) is 11.9. The Kier molecular flexibility index (Phi) is 3.97. The van der Waals surface area contributed by atoms with Gasteiger partial charge in [-0.05, 0) is 26.0 Å². The van der Waals surface area contributed by atoms with E-state index >= 15 is 0 Å². The molecule has 0 aliphatic heterocycles. The van der Waals surface area contributed by atoms with Crippen LogP contribution in [-0.4, -0.2) is 19.5 Å². The zero-order chi connectivity index (χ0) is 11.4. The molecule has 1 rings (SSSR count). The van der Waals surface area contributed by atoms with E-state index in [2.05, 4.69) is 0 Å². The molecule has 0 heterocycles. The molecule has 0 amide bonds. The van der Waals surface area contributed by atoms with E-state index in [4.69, 9.17) is 21.1 Å². The lowest BCUT2D eigenvalue weighted by atomic mass is 10.2. The highest BCUT2D eigenvalue weighted by molar-refractivity contribution is 6.32. The van der Waals surface area contributed by atoms with Gasteiger partial charge in [0.05, 0.1) is 18.2 Å². The van der Waals surface area contributed by atoms with Crippen molar-refractivity contribution >= 4 is 17.9 Å². The minimum absolute atomic E-state index is 0.00141. The average molecular weight is 229 g/mol. The van der Waals surface area contributed by atoms with Crippen LogP contribution in [0.2, 0.25) is 5.02 Å². The van der Waals surface area contributed by atoms with E-state index in [1.54, 1.807) is 12.1 Å². The fourth-order valence-electron chi connectivity index (χ4n) is 1.16. The maximum absolute atomic E-state index is 10.6. The second-order valence-corrected chi connectivity index (χ2v) is 3.73. The lowest BCUT2D eigenvalue weighted by Gasteiger charge is -2.15. The van der Waals surface area contributed by atoms with Gasteiger partial charge in [0.15, 0.2) is 11.5 Å². The van der Waals surface area contributed by atoms with Gasteiger partial charge in [0, 0.05) is 5.56 Å². The van der Waals surface area contributed by atoms with Gasteiger partial charge in [0.25, 0.3) is 0 Å². The third kappa shape index (κ3) is 2.86. The van der Waals surface area contributed by atoms with E-state index in [1.807, 2.05) is 13.8 Å². The molecule has 0 bridgehead atoms. The molecule has 1 aromatic rings. The largest absolute Gasteiger partial charge is 0.493 e. The maximum atomic E-state index is 10.6. The van der Waals surface area contributed by atoms with Gasteiger partial charge >= 0.3 is 0 Å². The first-order chi connectivity index (χ1) is 7.08. The molecule has 0 atom stereocenters. The number of aldehydes is 1. The summed E-state index contributed by atoms with van der Waals surface area (Å²) in [5, 5.41) is 0.380. The van der Waals surface area contributed by atoms with Crippen LogP contribution in [-0.2, 0) is 0 Å². The summed E-state index contributed by atoms with van der Waals surface area (Å²) >= 11 is 5.97. The molecule has 0 aliphatic rings. The average Bonchev–Trinajstić information content (AvgIpc) is 2.20. The minimum Gasteiger partial charge on any atom is -0.493 e. The van der Waals surface area contributed by atoms with Crippen LogP contribution in [0.1, 0.15) is 24.2 Å². The maximum Gasteiger partial charge on any atom is 0.180 e. The van der Waals surface area contributed by atoms with Gasteiger partial charge in [-0.25, -0.2) is 0 Å². The summed E-state index contributed by atoms with van der Waals surface area (Å²) in [7, 11) is 1.51. The standard InChI is InChI=1S/C11H13ClO3/c1-7(2)15-11-9(12)4-8(6-13)5-10(11)14-3/h4-7H,1-3H3. The third-order valence-electron chi connectivity index (χ3n) is 1.74. The molecule has 4 heteroatoms. The van der Waals surface area contributed by atoms with Crippen LogP contribution < -0.4 is 9.47 Å². The highest BCUT2D eigenvalue weighted by Crippen LogP contribution is 2.36. The fraction of sp³-hybridized carbons (Fsp3) is 0.364. The molecular weight excluding hydrogens is 216 g/mol. The highest BCUT2D eigenvalue weighted by Gasteiger charge is 2.12. The van der Waals surface area contributed by atoms with Gasteiger partial charge in [0.2, 0.25) is 0 Å². The summed E-state index contributed by atoms with van der Waals surface area (Å²) in [5.74, 6) is 0.943. The number of methoxy groups -OCH3 is 1. The van der Waals surface area contributed by atoms with Gasteiger partial charge in [0.1, 0.15) is 6.29 Å². The number of hydrogen-bond acceptors (Lipinski definition) is 3. The van der Waals surface area contributed by atoms with Crippen LogP contribution in [0.15, 0.2) is 12.1 Å². The van der Waals surface area contributed by atoms with E-state index in [9.17, 15) is 4.79 Å². The van der Waals surface area contributed by atoms with Crippen molar-refractivity contribution in [2.75, 3.05) is 7.11 Å². The molecule has 15 heavy (non-hydrogen) atoms. The number of carbonyl (C=O) groups excluding carboxylic acids is 1. The van der Waals surface area contributed by atoms with E-state index in [0.29, 0.717) is 28.4 Å². The summed E-state index contributed by atoms with van der Waals surface area (Å²) in [6.45, 7) is 3.78. The SMILES string of the molecule is COc1cc(C=O)cc(Cl)c1OC(C)C. The van der Waals surface area contributed by atoms with Crippen molar-refractivity contribution in [1.29, 1.82) is 0 Å². The molecule has 3 nitrogen and oxygen atoms in total. The Morgan fingerprint density at radius 3 is 2.53 bits per heavy atom. The van der Waals surface area contributed by atoms with Crippen LogP contribution in [0.25, 0.3) is 0 Å². The number of benzene rings is 1. The lowest BCUT2D eigenvalue weighted by Crippen LogP contribution is -2.07. The minimum atomic E-state index is -0.00141. The van der Waals surface area contributed by atoms with Crippen LogP contribution in [0.5, 0.6) is 11.5 Å². The zero-order valence-corrected chi connectivity index (χ0v) is 9.67. The number of rotatable bonds is 4. The quantitative estimate of drug-likeness (QED) is 0.744. The predicted molar refractivity (Wildman–Crippen MR) is 59.2 cm³/mol. The summed E-state index contributed by atoms with van der Waals surface area (Å²) in [5.41, 5.74) is 0.466. The Bertz CT molecular complexity index is 361. The predicted octanol–water partition coefficient (Wildman–Crippen LogP) is 2.95. The molecule has 82 valence electrons. The Morgan fingerprint density at radius 1 is 1.40 bits per heavy atom. The lowest BCUT2D eigenvalue weighted by molar-refractivity contribution is 0.112. The second kappa shape index (κ2) is 5.03. The first-order valence-electron chi connectivity index (χ1n) is 4.57. The molecule has 0 unspecified atom stereocenters. The van der Waals surface area contributed by atoms with Gasteiger partial charge < -0.3 is 9.47 Å². The van der Waals surface area contributed by atoms with Crippen LogP contribution in [0.3, 0.4) is 0 Å². The monoisotopic (exact) mass is 228 g/mol. The van der Waals surface area contributed by atoms with Gasteiger partial charge in [-0.1, -0.05) is 11.6 Å². The topological polar surface area (TPSA) is 35.5 Å². The van der Waals surface area contributed by atoms with Crippen LogP contribution in [0, 0.1) is 0 Å². The van der Waals surface area contributed by atoms with Crippen molar-refractivity contribution in [3.8, 4) is 11.5 Å². The van der Waals surface area contributed by atoms with E-state index in [-0.39, 0.29) is 6.10 Å². The molecule has 1 aromatic carbocycles. The summed E-state index contributed by atoms with van der Waals surface area (Å²) in [6.07, 6.45) is 0.714. The van der Waals surface area contributed by atoms with Crippen molar-refractivity contribution in [2.45, 2.75) is 20.0 Å². The fourth-order valence-corrected chi connectivity index (χ4v) is 1.42. The van der Waals surface area contributed by atoms with Crippen molar-refractivity contribution in [1.82, 2.24) is 0 Å². The molecular formula is C11H13ClO3. The Morgan fingerprint density at radius 2 is 2.07 bits per heavy atom. The molecule has 0 aliphatic carbocycles. The molecule has 0 radical (unpaired) electrons. The molecule has 0 N–H and O–H groups in total. The number of halogens is 1. The number of hydrogen-bond donors (Lipinski definition) is 0. The Balaban J connectivity index is 3.18. The summed E-state index contributed by atoms with van der Waals surface area (Å²) < 4.78 is 10.6. The van der Waals surface area contributed by atoms with Crippen LogP contribution in [0.4, 0.5) is 0 Å². The zero-order valence-electron chi connectivity index (χ0n) is 8.91. The smallest absolute Gasteiger partial charge is 0.180 e. The Hall–Kier alpha value is -1.22. The molecule has 0 saturated carbocycles. The highest BCUT2D eigenvalue weighted by atomic mass is 35.5. The normalized spacial score (nSPS) is 10.2. The molecule has 0 saturated heterocycles. The van der Waals surface area contributed by atoms with Crippen molar-refractivity contribution in [2.24, 2.45) is 0 Å². The van der Waals surface area contributed by atoms with E-state index in [1.165, 1.54) is 7.11 Å². The summed E-state index contributed by atoms with van der Waals surface area (Å²) in [6, 6.07) is 3.14. The molecule has 0 fully saturated rings. The summed E-state index contributed by atoms with van der Waals surface area (Å²) in [4.78, 5) is 10.6. The van der Waals surface area contributed by atoms with Crippen molar-refractivity contribution < 1.29 is 14.3 Å². The van der Waals surface area contributed by atoms with Crippen molar-refractivity contribution in [3.63, 3.8) is 0 Å². The first-order valence-corrected chi connectivity index (χ1v) is 4.95. The third-order valence-corrected chi connectivity index (χ3v) is 2.02.